The minimum Gasteiger partial charge on any atom is -0.330 e. The second-order valence-electron chi connectivity index (χ2n) is 5.41. The van der Waals surface area contributed by atoms with Crippen LogP contribution in [0.2, 0.25) is 0 Å². The van der Waals surface area contributed by atoms with Gasteiger partial charge in [-0.1, -0.05) is 45.0 Å². The van der Waals surface area contributed by atoms with Crippen molar-refractivity contribution in [1.82, 2.24) is 0 Å². The molecule has 90 valence electrons. The summed E-state index contributed by atoms with van der Waals surface area (Å²) in [6, 6.07) is 8.76. The summed E-state index contributed by atoms with van der Waals surface area (Å²) in [7, 11) is 0. The fraction of sp³-hybridized carbons (Fsp3) is 0.571. The van der Waals surface area contributed by atoms with Crippen LogP contribution in [0.15, 0.2) is 24.3 Å². The molecule has 1 aromatic rings. The predicted molar refractivity (Wildman–Crippen MR) is 70.4 cm³/mol. The Kier molecular flexibility index (Phi) is 4.51. The summed E-state index contributed by atoms with van der Waals surface area (Å²) in [4.78, 5) is 0. The normalized spacial score (nSPS) is 13.8. The Balaban J connectivity index is 2.71. The lowest BCUT2D eigenvalue weighted by atomic mass is 9.86. The van der Waals surface area contributed by atoms with Gasteiger partial charge in [0.25, 0.3) is 0 Å². The van der Waals surface area contributed by atoms with E-state index in [2.05, 4.69) is 45.0 Å². The molecule has 1 atom stereocenters. The van der Waals surface area contributed by atoms with Gasteiger partial charge in [-0.3, -0.25) is 0 Å². The van der Waals surface area contributed by atoms with Gasteiger partial charge in [0.15, 0.2) is 0 Å². The molecule has 2 nitrogen and oxygen atoms in total. The second kappa shape index (κ2) is 5.46. The third-order valence-electron chi connectivity index (χ3n) is 2.92. The van der Waals surface area contributed by atoms with Crippen LogP contribution in [0, 0.1) is 0 Å². The zero-order valence-corrected chi connectivity index (χ0v) is 10.7. The molecule has 0 aromatic heterocycles. The first-order chi connectivity index (χ1) is 7.45. The fourth-order valence-electron chi connectivity index (χ4n) is 1.73. The highest BCUT2D eigenvalue weighted by Crippen LogP contribution is 2.24. The monoisotopic (exact) mass is 220 g/mol. The molecule has 0 amide bonds. The number of hydrogen-bond acceptors (Lipinski definition) is 2. The van der Waals surface area contributed by atoms with Gasteiger partial charge < -0.3 is 11.5 Å². The van der Waals surface area contributed by atoms with Gasteiger partial charge in [0.05, 0.1) is 0 Å². The third-order valence-corrected chi connectivity index (χ3v) is 2.92. The Bertz CT molecular complexity index is 309. The zero-order chi connectivity index (χ0) is 12.2. The highest BCUT2D eigenvalue weighted by molar-refractivity contribution is 5.29. The number of nitrogens with two attached hydrogens (primary N) is 2. The van der Waals surface area contributed by atoms with Crippen molar-refractivity contribution in [3.8, 4) is 0 Å². The summed E-state index contributed by atoms with van der Waals surface area (Å²) >= 11 is 0. The summed E-state index contributed by atoms with van der Waals surface area (Å²) in [5.41, 5.74) is 14.3. The number of benzene rings is 1. The van der Waals surface area contributed by atoms with E-state index in [0.29, 0.717) is 6.54 Å². The van der Waals surface area contributed by atoms with Gasteiger partial charge in [0, 0.05) is 6.04 Å². The Morgan fingerprint density at radius 1 is 1.12 bits per heavy atom. The molecule has 0 bridgehead atoms. The van der Waals surface area contributed by atoms with Crippen LogP contribution in [0.4, 0.5) is 0 Å². The first-order valence-corrected chi connectivity index (χ1v) is 6.01. The van der Waals surface area contributed by atoms with E-state index in [1.807, 2.05) is 0 Å². The van der Waals surface area contributed by atoms with Crippen LogP contribution < -0.4 is 11.5 Å². The summed E-state index contributed by atoms with van der Waals surface area (Å²) in [6.45, 7) is 7.37. The molecular formula is C14H24N2. The summed E-state index contributed by atoms with van der Waals surface area (Å²) < 4.78 is 0. The van der Waals surface area contributed by atoms with Crippen molar-refractivity contribution in [1.29, 1.82) is 0 Å². The average Bonchev–Trinajstić information content (AvgIpc) is 2.25. The minimum atomic E-state index is 0.123. The van der Waals surface area contributed by atoms with E-state index in [0.717, 1.165) is 12.8 Å². The van der Waals surface area contributed by atoms with Crippen molar-refractivity contribution in [2.45, 2.75) is 45.1 Å². The topological polar surface area (TPSA) is 52.0 Å². The van der Waals surface area contributed by atoms with E-state index < -0.39 is 0 Å². The molecule has 2 heteroatoms. The quantitative estimate of drug-likeness (QED) is 0.819. The molecule has 0 spiro atoms. The maximum atomic E-state index is 6.08. The van der Waals surface area contributed by atoms with E-state index in [9.17, 15) is 0 Å². The molecule has 1 aromatic carbocycles. The van der Waals surface area contributed by atoms with Crippen molar-refractivity contribution in [2.24, 2.45) is 11.5 Å². The Morgan fingerprint density at radius 3 is 2.12 bits per heavy atom. The van der Waals surface area contributed by atoms with E-state index in [4.69, 9.17) is 11.5 Å². The molecule has 1 rings (SSSR count). The first kappa shape index (κ1) is 13.2. The molecule has 0 aliphatic heterocycles. The molecule has 0 radical (unpaired) electrons. The molecule has 0 heterocycles. The van der Waals surface area contributed by atoms with E-state index in [-0.39, 0.29) is 11.5 Å². The highest BCUT2D eigenvalue weighted by atomic mass is 14.6. The standard InChI is InChI=1S/C14H24N2/c1-14(2,3)12-8-6-11(7-9-12)13(16)5-4-10-15/h6-9,13H,4-5,10,15-16H2,1-3H3/t13-/m1/s1. The van der Waals surface area contributed by atoms with Gasteiger partial charge in [-0.05, 0) is 35.9 Å². The van der Waals surface area contributed by atoms with E-state index in [1.165, 1.54) is 11.1 Å². The lowest BCUT2D eigenvalue weighted by Crippen LogP contribution is -2.14. The smallest absolute Gasteiger partial charge is 0.0295 e. The van der Waals surface area contributed by atoms with Crippen LogP contribution >= 0.6 is 0 Å². The maximum absolute atomic E-state index is 6.08. The summed E-state index contributed by atoms with van der Waals surface area (Å²) in [5.74, 6) is 0. The van der Waals surface area contributed by atoms with Crippen LogP contribution in [0.3, 0.4) is 0 Å². The number of hydrogen-bond donors (Lipinski definition) is 2. The zero-order valence-electron chi connectivity index (χ0n) is 10.7. The number of rotatable bonds is 4. The average molecular weight is 220 g/mol. The Labute approximate surface area is 99.0 Å². The van der Waals surface area contributed by atoms with Crippen molar-refractivity contribution in [3.05, 3.63) is 35.4 Å². The van der Waals surface area contributed by atoms with Crippen LogP contribution in [0.25, 0.3) is 0 Å². The summed E-state index contributed by atoms with van der Waals surface area (Å²) in [6.07, 6.45) is 1.95. The van der Waals surface area contributed by atoms with E-state index >= 15 is 0 Å². The van der Waals surface area contributed by atoms with Crippen LogP contribution in [-0.2, 0) is 5.41 Å². The Morgan fingerprint density at radius 2 is 1.69 bits per heavy atom. The largest absolute Gasteiger partial charge is 0.330 e. The second-order valence-corrected chi connectivity index (χ2v) is 5.41. The van der Waals surface area contributed by atoms with Gasteiger partial charge in [-0.15, -0.1) is 0 Å². The lowest BCUT2D eigenvalue weighted by molar-refractivity contribution is 0.587. The molecule has 0 aliphatic rings. The van der Waals surface area contributed by atoms with Crippen LogP contribution in [0.5, 0.6) is 0 Å². The Hall–Kier alpha value is -0.860. The van der Waals surface area contributed by atoms with Gasteiger partial charge in [0.2, 0.25) is 0 Å². The van der Waals surface area contributed by atoms with Gasteiger partial charge in [0.1, 0.15) is 0 Å². The van der Waals surface area contributed by atoms with Gasteiger partial charge in [-0.2, -0.15) is 0 Å². The van der Waals surface area contributed by atoms with Crippen molar-refractivity contribution in [3.63, 3.8) is 0 Å². The third kappa shape index (κ3) is 3.62. The minimum absolute atomic E-state index is 0.123. The van der Waals surface area contributed by atoms with Crippen LogP contribution in [0.1, 0.15) is 50.8 Å². The molecule has 0 aliphatic carbocycles. The molecule has 0 saturated heterocycles. The van der Waals surface area contributed by atoms with Gasteiger partial charge in [-0.25, -0.2) is 0 Å². The molecule has 16 heavy (non-hydrogen) atoms. The maximum Gasteiger partial charge on any atom is 0.0295 e. The molecule has 0 unspecified atom stereocenters. The lowest BCUT2D eigenvalue weighted by Gasteiger charge is -2.20. The van der Waals surface area contributed by atoms with Gasteiger partial charge >= 0.3 is 0 Å². The molecular weight excluding hydrogens is 196 g/mol. The fourth-order valence-corrected chi connectivity index (χ4v) is 1.73. The summed E-state index contributed by atoms with van der Waals surface area (Å²) in [5, 5.41) is 0. The first-order valence-electron chi connectivity index (χ1n) is 6.01. The molecule has 4 N–H and O–H groups in total. The van der Waals surface area contributed by atoms with Crippen LogP contribution in [-0.4, -0.2) is 6.54 Å². The van der Waals surface area contributed by atoms with E-state index in [1.54, 1.807) is 0 Å². The van der Waals surface area contributed by atoms with Crippen molar-refractivity contribution >= 4 is 0 Å². The van der Waals surface area contributed by atoms with Crippen molar-refractivity contribution in [2.75, 3.05) is 6.54 Å². The molecule has 0 saturated carbocycles. The SMILES string of the molecule is CC(C)(C)c1ccc([C@H](N)CCCN)cc1. The molecule has 0 fully saturated rings. The van der Waals surface area contributed by atoms with Crippen molar-refractivity contribution < 1.29 is 0 Å². The predicted octanol–water partition coefficient (Wildman–Crippen LogP) is 2.72. The highest BCUT2D eigenvalue weighted by Gasteiger charge is 2.13.